The van der Waals surface area contributed by atoms with Crippen molar-refractivity contribution in [1.82, 2.24) is 9.97 Å². The second-order valence-electron chi connectivity index (χ2n) is 2.58. The highest BCUT2D eigenvalue weighted by Crippen LogP contribution is 2.02. The lowest BCUT2D eigenvalue weighted by Gasteiger charge is -2.04. The average molecular weight is 167 g/mol. The second kappa shape index (κ2) is 4.01. The van der Waals surface area contributed by atoms with Crippen LogP contribution >= 0.6 is 0 Å². The molecular weight excluding hydrogens is 154 g/mol. The van der Waals surface area contributed by atoms with E-state index < -0.39 is 0 Å². The molecule has 0 spiro atoms. The molecule has 0 unspecified atom stereocenters. The number of aryl methyl sites for hydroxylation is 2. The summed E-state index contributed by atoms with van der Waals surface area (Å²) in [6.45, 7) is 4.31. The first-order valence-electron chi connectivity index (χ1n) is 3.77. The Hall–Kier alpha value is -1.16. The molecule has 0 aliphatic carbocycles. The first-order valence-corrected chi connectivity index (χ1v) is 3.77. The van der Waals surface area contributed by atoms with E-state index in [9.17, 15) is 0 Å². The molecule has 1 rings (SSSR count). The van der Waals surface area contributed by atoms with Gasteiger partial charge in [0.2, 0.25) is 5.95 Å². The third-order valence-corrected chi connectivity index (χ3v) is 1.36. The molecule has 0 saturated carbocycles. The van der Waals surface area contributed by atoms with Crippen LogP contribution in [0.5, 0.6) is 0 Å². The Morgan fingerprint density at radius 1 is 1.33 bits per heavy atom. The summed E-state index contributed by atoms with van der Waals surface area (Å²) in [5.41, 5.74) is 1.92. The molecule has 0 radical (unpaired) electrons. The molecule has 0 fully saturated rings. The first-order chi connectivity index (χ1) is 5.72. The van der Waals surface area contributed by atoms with Gasteiger partial charge in [-0.25, -0.2) is 9.97 Å². The van der Waals surface area contributed by atoms with Gasteiger partial charge in [-0.3, -0.25) is 0 Å². The molecule has 0 bridgehead atoms. The van der Waals surface area contributed by atoms with Crippen molar-refractivity contribution >= 4 is 5.95 Å². The maximum absolute atomic E-state index is 4.83. The monoisotopic (exact) mass is 167 g/mol. The van der Waals surface area contributed by atoms with Crippen molar-refractivity contribution in [3.05, 3.63) is 17.5 Å². The fourth-order valence-corrected chi connectivity index (χ4v) is 0.942. The van der Waals surface area contributed by atoms with Crippen LogP contribution in [-0.2, 0) is 4.74 Å². The zero-order valence-corrected chi connectivity index (χ0v) is 7.59. The van der Waals surface area contributed by atoms with Crippen LogP contribution in [0.2, 0.25) is 0 Å². The van der Waals surface area contributed by atoms with Crippen molar-refractivity contribution in [2.45, 2.75) is 13.8 Å². The zero-order valence-electron chi connectivity index (χ0n) is 7.59. The van der Waals surface area contributed by atoms with Crippen molar-refractivity contribution < 1.29 is 4.74 Å². The maximum atomic E-state index is 4.83. The van der Waals surface area contributed by atoms with Crippen LogP contribution in [-0.4, -0.2) is 23.8 Å². The smallest absolute Gasteiger partial charge is 0.224 e. The van der Waals surface area contributed by atoms with E-state index in [2.05, 4.69) is 15.3 Å². The summed E-state index contributed by atoms with van der Waals surface area (Å²) in [5, 5.41) is 2.93. The average Bonchev–Trinajstić information content (AvgIpc) is 1.99. The lowest BCUT2D eigenvalue weighted by molar-refractivity contribution is 0.220. The van der Waals surface area contributed by atoms with Crippen molar-refractivity contribution in [2.75, 3.05) is 19.2 Å². The third-order valence-electron chi connectivity index (χ3n) is 1.36. The molecule has 0 aliphatic rings. The van der Waals surface area contributed by atoms with Gasteiger partial charge in [0.1, 0.15) is 6.73 Å². The van der Waals surface area contributed by atoms with Gasteiger partial charge in [0.05, 0.1) is 0 Å². The van der Waals surface area contributed by atoms with Crippen molar-refractivity contribution in [2.24, 2.45) is 0 Å². The number of nitrogens with zero attached hydrogens (tertiary/aromatic N) is 2. The van der Waals surface area contributed by atoms with Gasteiger partial charge in [0, 0.05) is 18.5 Å². The van der Waals surface area contributed by atoms with Crippen LogP contribution in [0, 0.1) is 13.8 Å². The lowest BCUT2D eigenvalue weighted by atomic mass is 10.4. The number of methoxy groups -OCH3 is 1. The van der Waals surface area contributed by atoms with E-state index in [1.54, 1.807) is 7.11 Å². The van der Waals surface area contributed by atoms with Crippen LogP contribution in [0.1, 0.15) is 11.4 Å². The highest BCUT2D eigenvalue weighted by Gasteiger charge is 1.96. The molecule has 12 heavy (non-hydrogen) atoms. The highest BCUT2D eigenvalue weighted by atomic mass is 16.5. The maximum Gasteiger partial charge on any atom is 0.224 e. The Morgan fingerprint density at radius 3 is 2.42 bits per heavy atom. The standard InChI is InChI=1S/C8H13N3O/c1-6-4-7(2)11-8(10-6)9-5-12-3/h4H,5H2,1-3H3,(H,9,10,11). The lowest BCUT2D eigenvalue weighted by Crippen LogP contribution is -2.07. The van der Waals surface area contributed by atoms with Gasteiger partial charge in [-0.1, -0.05) is 0 Å². The quantitative estimate of drug-likeness (QED) is 0.685. The van der Waals surface area contributed by atoms with E-state index >= 15 is 0 Å². The molecule has 0 saturated heterocycles. The van der Waals surface area contributed by atoms with Gasteiger partial charge >= 0.3 is 0 Å². The Morgan fingerprint density at radius 2 is 1.92 bits per heavy atom. The third kappa shape index (κ3) is 2.47. The summed E-state index contributed by atoms with van der Waals surface area (Å²) in [4.78, 5) is 8.34. The predicted molar refractivity (Wildman–Crippen MR) is 47.0 cm³/mol. The van der Waals surface area contributed by atoms with Gasteiger partial charge in [0.25, 0.3) is 0 Å². The summed E-state index contributed by atoms with van der Waals surface area (Å²) >= 11 is 0. The summed E-state index contributed by atoms with van der Waals surface area (Å²) in [7, 11) is 1.62. The molecule has 1 N–H and O–H groups in total. The number of rotatable bonds is 3. The number of hydrogen-bond donors (Lipinski definition) is 1. The predicted octanol–water partition coefficient (Wildman–Crippen LogP) is 1.11. The summed E-state index contributed by atoms with van der Waals surface area (Å²) < 4.78 is 4.83. The van der Waals surface area contributed by atoms with Gasteiger partial charge in [-0.2, -0.15) is 0 Å². The minimum absolute atomic E-state index is 0.433. The van der Waals surface area contributed by atoms with E-state index in [1.807, 2.05) is 19.9 Å². The number of anilines is 1. The molecule has 1 aromatic rings. The van der Waals surface area contributed by atoms with Crippen LogP contribution in [0.25, 0.3) is 0 Å². The van der Waals surface area contributed by atoms with E-state index in [1.165, 1.54) is 0 Å². The first kappa shape index (κ1) is 8.93. The number of aromatic nitrogens is 2. The number of hydrogen-bond acceptors (Lipinski definition) is 4. The molecule has 0 amide bonds. The SMILES string of the molecule is COCNc1nc(C)cc(C)n1. The molecule has 0 atom stereocenters. The molecule has 4 nitrogen and oxygen atoms in total. The van der Waals surface area contributed by atoms with Gasteiger partial charge in [-0.05, 0) is 19.9 Å². The number of ether oxygens (including phenoxy) is 1. The summed E-state index contributed by atoms with van der Waals surface area (Å²) in [6, 6.07) is 1.93. The van der Waals surface area contributed by atoms with Gasteiger partial charge in [-0.15, -0.1) is 0 Å². The van der Waals surface area contributed by atoms with Crippen molar-refractivity contribution in [1.29, 1.82) is 0 Å². The molecule has 66 valence electrons. The molecule has 1 aromatic heterocycles. The Balaban J connectivity index is 2.72. The highest BCUT2D eigenvalue weighted by molar-refractivity contribution is 5.26. The van der Waals surface area contributed by atoms with E-state index in [0.29, 0.717) is 12.7 Å². The molecule has 0 aromatic carbocycles. The Bertz CT molecular complexity index is 242. The van der Waals surface area contributed by atoms with Crippen molar-refractivity contribution in [3.63, 3.8) is 0 Å². The number of nitrogens with one attached hydrogen (secondary N) is 1. The van der Waals surface area contributed by atoms with E-state index in [0.717, 1.165) is 11.4 Å². The van der Waals surface area contributed by atoms with Gasteiger partial charge in [0.15, 0.2) is 0 Å². The summed E-state index contributed by atoms with van der Waals surface area (Å²) in [6.07, 6.45) is 0. The fraction of sp³-hybridized carbons (Fsp3) is 0.500. The van der Waals surface area contributed by atoms with Crippen molar-refractivity contribution in [3.8, 4) is 0 Å². The van der Waals surface area contributed by atoms with Crippen LogP contribution in [0.3, 0.4) is 0 Å². The zero-order chi connectivity index (χ0) is 8.97. The Kier molecular flexibility index (Phi) is 2.99. The van der Waals surface area contributed by atoms with E-state index in [-0.39, 0.29) is 0 Å². The van der Waals surface area contributed by atoms with Crippen LogP contribution < -0.4 is 5.32 Å². The summed E-state index contributed by atoms with van der Waals surface area (Å²) in [5.74, 6) is 0.620. The molecule has 1 heterocycles. The second-order valence-corrected chi connectivity index (χ2v) is 2.58. The minimum atomic E-state index is 0.433. The van der Waals surface area contributed by atoms with Crippen LogP contribution in [0.15, 0.2) is 6.07 Å². The normalized spacial score (nSPS) is 9.92. The minimum Gasteiger partial charge on any atom is -0.364 e. The largest absolute Gasteiger partial charge is 0.364 e. The topological polar surface area (TPSA) is 47.0 Å². The van der Waals surface area contributed by atoms with Gasteiger partial charge < -0.3 is 10.1 Å². The molecular formula is C8H13N3O. The molecule has 4 heteroatoms. The molecule has 0 aliphatic heterocycles. The van der Waals surface area contributed by atoms with Crippen LogP contribution in [0.4, 0.5) is 5.95 Å². The fourth-order valence-electron chi connectivity index (χ4n) is 0.942. The van der Waals surface area contributed by atoms with E-state index in [4.69, 9.17) is 4.74 Å². The Labute approximate surface area is 72.0 Å².